The number of nitrogens with two attached hydrogens (primary N) is 1. The van der Waals surface area contributed by atoms with Gasteiger partial charge in [0.15, 0.2) is 0 Å². The third-order valence-corrected chi connectivity index (χ3v) is 3.17. The van der Waals surface area contributed by atoms with Crippen LogP contribution in [0.15, 0.2) is 24.3 Å². The molecular weight excluding hydrogens is 229 g/mol. The Labute approximate surface area is 98.2 Å². The molecule has 1 aromatic rings. The topological polar surface area (TPSA) is 29.3 Å². The Bertz CT molecular complexity index is 390. The minimum atomic E-state index is -4.29. The standard InChI is InChI=1S/C12H15F3N2/c13-12(14,15)10-3-1-2-4-11(10)17-6-5-9(7-16)8-17/h1-4,9H,5-8,16H2. The molecular formula is C12H15F3N2. The molecule has 5 heteroatoms. The third kappa shape index (κ3) is 2.54. The molecule has 2 N–H and O–H groups in total. The van der Waals surface area contributed by atoms with Crippen molar-refractivity contribution in [3.8, 4) is 0 Å². The molecule has 1 atom stereocenters. The van der Waals surface area contributed by atoms with Gasteiger partial charge in [-0.1, -0.05) is 12.1 Å². The van der Waals surface area contributed by atoms with E-state index in [0.717, 1.165) is 12.5 Å². The summed E-state index contributed by atoms with van der Waals surface area (Å²) in [6, 6.07) is 5.72. The first-order valence-electron chi connectivity index (χ1n) is 5.63. The summed E-state index contributed by atoms with van der Waals surface area (Å²) >= 11 is 0. The molecule has 17 heavy (non-hydrogen) atoms. The molecule has 2 nitrogen and oxygen atoms in total. The van der Waals surface area contributed by atoms with Gasteiger partial charge in [-0.15, -0.1) is 0 Å². The van der Waals surface area contributed by atoms with E-state index in [1.54, 1.807) is 11.0 Å². The summed E-state index contributed by atoms with van der Waals surface area (Å²) in [5.41, 5.74) is 5.27. The van der Waals surface area contributed by atoms with Gasteiger partial charge >= 0.3 is 6.18 Å². The molecule has 1 aromatic carbocycles. The minimum Gasteiger partial charge on any atom is -0.371 e. The van der Waals surface area contributed by atoms with Crippen molar-refractivity contribution in [3.05, 3.63) is 29.8 Å². The summed E-state index contributed by atoms with van der Waals surface area (Å²) in [6.07, 6.45) is -3.43. The number of halogens is 3. The molecule has 2 rings (SSSR count). The predicted molar refractivity (Wildman–Crippen MR) is 60.8 cm³/mol. The molecule has 94 valence electrons. The van der Waals surface area contributed by atoms with Gasteiger partial charge in [0.2, 0.25) is 0 Å². The van der Waals surface area contributed by atoms with Crippen LogP contribution in [-0.2, 0) is 6.18 Å². The van der Waals surface area contributed by atoms with Gasteiger partial charge in [-0.25, -0.2) is 0 Å². The zero-order valence-corrected chi connectivity index (χ0v) is 9.37. The summed E-state index contributed by atoms with van der Waals surface area (Å²) in [5.74, 6) is 0.302. The number of hydrogen-bond acceptors (Lipinski definition) is 2. The zero-order chi connectivity index (χ0) is 12.5. The first-order valence-corrected chi connectivity index (χ1v) is 5.63. The summed E-state index contributed by atoms with van der Waals surface area (Å²) in [5, 5.41) is 0. The van der Waals surface area contributed by atoms with Crippen LogP contribution in [0.2, 0.25) is 0 Å². The molecule has 0 bridgehead atoms. The van der Waals surface area contributed by atoms with Crippen molar-refractivity contribution in [2.45, 2.75) is 12.6 Å². The summed E-state index contributed by atoms with van der Waals surface area (Å²) in [7, 11) is 0. The Hall–Kier alpha value is -1.23. The number of para-hydroxylation sites is 1. The molecule has 0 radical (unpaired) electrons. The molecule has 1 fully saturated rings. The molecule has 0 spiro atoms. The third-order valence-electron chi connectivity index (χ3n) is 3.17. The van der Waals surface area contributed by atoms with Crippen molar-refractivity contribution in [2.75, 3.05) is 24.5 Å². The molecule has 1 saturated heterocycles. The minimum absolute atomic E-state index is 0.274. The van der Waals surface area contributed by atoms with Gasteiger partial charge in [0.25, 0.3) is 0 Å². The molecule has 1 unspecified atom stereocenters. The smallest absolute Gasteiger partial charge is 0.371 e. The molecule has 1 heterocycles. The van der Waals surface area contributed by atoms with Gasteiger partial charge < -0.3 is 10.6 Å². The van der Waals surface area contributed by atoms with Crippen molar-refractivity contribution in [1.82, 2.24) is 0 Å². The Morgan fingerprint density at radius 2 is 2.00 bits per heavy atom. The number of nitrogens with zero attached hydrogens (tertiary/aromatic N) is 1. The number of anilines is 1. The lowest BCUT2D eigenvalue weighted by molar-refractivity contribution is -0.137. The van der Waals surface area contributed by atoms with E-state index in [-0.39, 0.29) is 5.69 Å². The Kier molecular flexibility index (Phi) is 3.28. The van der Waals surface area contributed by atoms with Crippen molar-refractivity contribution >= 4 is 5.69 Å². The quantitative estimate of drug-likeness (QED) is 0.866. The fourth-order valence-electron chi connectivity index (χ4n) is 2.23. The van der Waals surface area contributed by atoms with Gasteiger partial charge in [0.1, 0.15) is 0 Å². The highest BCUT2D eigenvalue weighted by Crippen LogP contribution is 2.37. The largest absolute Gasteiger partial charge is 0.418 e. The van der Waals surface area contributed by atoms with E-state index in [2.05, 4.69) is 0 Å². The number of hydrogen-bond donors (Lipinski definition) is 1. The van der Waals surface area contributed by atoms with Gasteiger partial charge in [-0.05, 0) is 31.0 Å². The van der Waals surface area contributed by atoms with E-state index in [1.807, 2.05) is 0 Å². The van der Waals surface area contributed by atoms with Crippen LogP contribution in [0.5, 0.6) is 0 Å². The van der Waals surface area contributed by atoms with Crippen LogP contribution >= 0.6 is 0 Å². The molecule has 1 aliphatic heterocycles. The lowest BCUT2D eigenvalue weighted by Gasteiger charge is -2.23. The summed E-state index contributed by atoms with van der Waals surface area (Å²) in [4.78, 5) is 1.78. The van der Waals surface area contributed by atoms with Crippen LogP contribution in [0.3, 0.4) is 0 Å². The Morgan fingerprint density at radius 1 is 1.29 bits per heavy atom. The zero-order valence-electron chi connectivity index (χ0n) is 9.37. The van der Waals surface area contributed by atoms with Crippen molar-refractivity contribution < 1.29 is 13.2 Å². The highest BCUT2D eigenvalue weighted by atomic mass is 19.4. The van der Waals surface area contributed by atoms with E-state index in [4.69, 9.17) is 5.73 Å². The highest BCUT2D eigenvalue weighted by Gasteiger charge is 2.35. The van der Waals surface area contributed by atoms with Crippen molar-refractivity contribution in [1.29, 1.82) is 0 Å². The fourth-order valence-corrected chi connectivity index (χ4v) is 2.23. The monoisotopic (exact) mass is 244 g/mol. The second kappa shape index (κ2) is 4.56. The van der Waals surface area contributed by atoms with Crippen LogP contribution in [0.4, 0.5) is 18.9 Å². The Balaban J connectivity index is 2.27. The van der Waals surface area contributed by atoms with Gasteiger partial charge in [-0.2, -0.15) is 13.2 Å². The lowest BCUT2D eigenvalue weighted by Crippen LogP contribution is -2.25. The van der Waals surface area contributed by atoms with E-state index in [0.29, 0.717) is 25.6 Å². The van der Waals surface area contributed by atoms with Crippen LogP contribution in [0.25, 0.3) is 0 Å². The van der Waals surface area contributed by atoms with Gasteiger partial charge in [0.05, 0.1) is 5.56 Å². The maximum absolute atomic E-state index is 12.8. The average molecular weight is 244 g/mol. The number of benzene rings is 1. The molecule has 0 saturated carbocycles. The van der Waals surface area contributed by atoms with Crippen LogP contribution in [0, 0.1) is 5.92 Å². The van der Waals surface area contributed by atoms with Gasteiger partial charge in [0, 0.05) is 18.8 Å². The number of alkyl halides is 3. The average Bonchev–Trinajstić information content (AvgIpc) is 2.76. The fraction of sp³-hybridized carbons (Fsp3) is 0.500. The summed E-state index contributed by atoms with van der Waals surface area (Å²) < 4.78 is 38.5. The van der Waals surface area contributed by atoms with Crippen LogP contribution in [-0.4, -0.2) is 19.6 Å². The van der Waals surface area contributed by atoms with Gasteiger partial charge in [-0.3, -0.25) is 0 Å². The highest BCUT2D eigenvalue weighted by molar-refractivity contribution is 5.55. The first-order chi connectivity index (χ1) is 8.02. The van der Waals surface area contributed by atoms with Crippen molar-refractivity contribution in [2.24, 2.45) is 11.7 Å². The van der Waals surface area contributed by atoms with E-state index in [9.17, 15) is 13.2 Å². The maximum Gasteiger partial charge on any atom is 0.418 e. The normalized spacial score (nSPS) is 20.9. The van der Waals surface area contributed by atoms with E-state index >= 15 is 0 Å². The number of rotatable bonds is 2. The SMILES string of the molecule is NCC1CCN(c2ccccc2C(F)(F)F)C1. The lowest BCUT2D eigenvalue weighted by atomic mass is 10.1. The second-order valence-corrected chi connectivity index (χ2v) is 4.35. The Morgan fingerprint density at radius 3 is 2.59 bits per heavy atom. The first kappa shape index (κ1) is 12.2. The van der Waals surface area contributed by atoms with Crippen molar-refractivity contribution in [3.63, 3.8) is 0 Å². The van der Waals surface area contributed by atoms with Crippen LogP contribution < -0.4 is 10.6 Å². The molecule has 0 aliphatic carbocycles. The predicted octanol–water partition coefficient (Wildman–Crippen LogP) is 2.49. The molecule has 0 amide bonds. The summed E-state index contributed by atoms with van der Waals surface area (Å²) in [6.45, 7) is 1.79. The van der Waals surface area contributed by atoms with E-state index < -0.39 is 11.7 Å². The maximum atomic E-state index is 12.8. The second-order valence-electron chi connectivity index (χ2n) is 4.35. The van der Waals surface area contributed by atoms with Crippen LogP contribution in [0.1, 0.15) is 12.0 Å². The van der Waals surface area contributed by atoms with E-state index in [1.165, 1.54) is 12.1 Å². The molecule has 1 aliphatic rings. The molecule has 0 aromatic heterocycles.